The number of ketones is 4. The van der Waals surface area contributed by atoms with Crippen LogP contribution in [0.25, 0.3) is 11.1 Å². The van der Waals surface area contributed by atoms with Gasteiger partial charge in [0, 0.05) is 18.2 Å². The Kier molecular flexibility index (Phi) is 7.22. The zero-order chi connectivity index (χ0) is 31.5. The highest BCUT2D eigenvalue weighted by molar-refractivity contribution is 6.32. The molecule has 0 heterocycles. The van der Waals surface area contributed by atoms with Gasteiger partial charge in [0.15, 0.2) is 34.7 Å². The number of aliphatic hydroxyl groups is 1. The molecule has 5 N–H and O–H groups in total. The van der Waals surface area contributed by atoms with Gasteiger partial charge in [-0.1, -0.05) is 48.5 Å². The summed E-state index contributed by atoms with van der Waals surface area (Å²) in [6.07, 6.45) is 0.204. The molecule has 6 atom stereocenters. The number of phenolic OH excluding ortho intramolecular Hbond substituents is 1. The maximum absolute atomic E-state index is 14.0. The number of benzene rings is 3. The van der Waals surface area contributed by atoms with Gasteiger partial charge in [-0.25, -0.2) is 0 Å². The molecular formula is C34H33N3O7. The summed E-state index contributed by atoms with van der Waals surface area (Å²) in [4.78, 5) is 68.3. The van der Waals surface area contributed by atoms with E-state index in [0.29, 0.717) is 17.7 Å². The van der Waals surface area contributed by atoms with Gasteiger partial charge < -0.3 is 21.3 Å². The topological polar surface area (TPSA) is 167 Å². The molecule has 0 saturated heterocycles. The molecule has 226 valence electrons. The Morgan fingerprint density at radius 2 is 1.66 bits per heavy atom. The number of nitrogens with zero attached hydrogens (tertiary/aromatic N) is 1. The van der Waals surface area contributed by atoms with Crippen LogP contribution in [0.4, 0.5) is 5.69 Å². The maximum Gasteiger partial charge on any atom is 0.235 e. The van der Waals surface area contributed by atoms with Crippen molar-refractivity contribution in [3.63, 3.8) is 0 Å². The molecule has 0 aliphatic heterocycles. The molecule has 10 heteroatoms. The molecule has 10 nitrogen and oxygen atoms in total. The molecule has 0 spiro atoms. The lowest BCUT2D eigenvalue weighted by Gasteiger charge is -2.52. The maximum atomic E-state index is 14.0. The number of fused-ring (bicyclic) bond motifs is 3. The monoisotopic (exact) mass is 595 g/mol. The molecule has 3 aromatic rings. The third kappa shape index (κ3) is 4.44. The highest BCUT2D eigenvalue weighted by atomic mass is 16.3. The molecule has 2 fully saturated rings. The van der Waals surface area contributed by atoms with Crippen LogP contribution in [0, 0.1) is 23.7 Å². The van der Waals surface area contributed by atoms with Crippen molar-refractivity contribution >= 4 is 34.7 Å². The van der Waals surface area contributed by atoms with Crippen molar-refractivity contribution in [3.05, 3.63) is 83.4 Å². The minimum Gasteiger partial charge on any atom is -0.507 e. The number of nitrogens with two attached hydrogens (primary N) is 1. The third-order valence-corrected chi connectivity index (χ3v) is 9.48. The largest absolute Gasteiger partial charge is 0.507 e. The van der Waals surface area contributed by atoms with Crippen LogP contribution < -0.4 is 11.1 Å². The van der Waals surface area contributed by atoms with Crippen LogP contribution in [-0.2, 0) is 32.1 Å². The Bertz CT molecular complexity index is 1700. The summed E-state index contributed by atoms with van der Waals surface area (Å²) in [5.74, 6) is -10.6. The average molecular weight is 596 g/mol. The van der Waals surface area contributed by atoms with Gasteiger partial charge in [0.1, 0.15) is 5.75 Å². The van der Waals surface area contributed by atoms with Gasteiger partial charge in [0.05, 0.1) is 17.5 Å². The van der Waals surface area contributed by atoms with Gasteiger partial charge in [-0.3, -0.25) is 28.9 Å². The number of Topliss-reactive ketones (excluding diaryl/α,β-unsaturated/α-hetero) is 4. The second-order valence-electron chi connectivity index (χ2n) is 12.2. The van der Waals surface area contributed by atoms with Crippen molar-refractivity contribution in [1.29, 1.82) is 0 Å². The standard InChI is InChI=1S/C34H33N3O7/c1-37(2)28-23-15-19-14-22-21(18-10-8-17(9-11-18)16-36-20-6-4-3-5-7-20)12-13-24(38)26(22)29(39)25(19)31(41)34(23,44)32(42)27(30(28)40)33(35)43/h3-13,19,23,25,27-28,36,38,44H,14-16H2,1-2H3,(H2,35,43). The van der Waals surface area contributed by atoms with E-state index in [4.69, 9.17) is 5.73 Å². The van der Waals surface area contributed by atoms with Crippen molar-refractivity contribution in [3.8, 4) is 16.9 Å². The SMILES string of the molecule is CN(C)C1C(=O)C(C(N)=O)C(=O)C2(O)C(=O)C3C(=O)c4c(O)ccc(-c5ccc(CNc6ccccc6)cc5)c4CC3CC12. The Balaban J connectivity index is 1.36. The number of amides is 1. The zero-order valence-electron chi connectivity index (χ0n) is 24.3. The number of rotatable bonds is 6. The van der Waals surface area contributed by atoms with Crippen molar-refractivity contribution in [2.75, 3.05) is 19.4 Å². The molecule has 3 aliphatic carbocycles. The molecule has 0 radical (unpaired) electrons. The van der Waals surface area contributed by atoms with E-state index in [-0.39, 0.29) is 24.2 Å². The van der Waals surface area contributed by atoms with Crippen LogP contribution in [0.2, 0.25) is 0 Å². The summed E-state index contributed by atoms with van der Waals surface area (Å²) in [5.41, 5.74) is 6.74. The minimum absolute atomic E-state index is 0.00306. The number of primary amides is 1. The second-order valence-corrected chi connectivity index (χ2v) is 12.2. The predicted octanol–water partition coefficient (Wildman–Crippen LogP) is 2.15. The van der Waals surface area contributed by atoms with E-state index in [1.165, 1.54) is 11.0 Å². The lowest BCUT2D eigenvalue weighted by Crippen LogP contribution is -2.74. The number of aromatic hydroxyl groups is 1. The Morgan fingerprint density at radius 3 is 2.30 bits per heavy atom. The van der Waals surface area contributed by atoms with Crippen molar-refractivity contribution in [1.82, 2.24) is 4.90 Å². The highest BCUT2D eigenvalue weighted by Crippen LogP contribution is 2.51. The Hall–Kier alpha value is -4.67. The number of carbonyl (C=O) groups excluding carboxylic acids is 5. The first-order valence-electron chi connectivity index (χ1n) is 14.5. The molecule has 2 saturated carbocycles. The number of hydrogen-bond donors (Lipinski definition) is 4. The van der Waals surface area contributed by atoms with E-state index in [9.17, 15) is 34.2 Å². The summed E-state index contributed by atoms with van der Waals surface area (Å²) < 4.78 is 0. The fourth-order valence-electron chi connectivity index (χ4n) is 7.44. The molecule has 1 amide bonds. The normalized spacial score (nSPS) is 27.9. The number of carbonyl (C=O) groups is 5. The van der Waals surface area contributed by atoms with E-state index in [0.717, 1.165) is 16.8 Å². The minimum atomic E-state index is -2.74. The molecule has 44 heavy (non-hydrogen) atoms. The molecule has 6 rings (SSSR count). The zero-order valence-corrected chi connectivity index (χ0v) is 24.3. The van der Waals surface area contributed by atoms with Crippen LogP contribution in [0.5, 0.6) is 5.75 Å². The summed E-state index contributed by atoms with van der Waals surface area (Å²) in [7, 11) is 3.12. The molecular weight excluding hydrogens is 562 g/mol. The molecule has 0 bridgehead atoms. The second kappa shape index (κ2) is 10.8. The first kappa shape index (κ1) is 29.4. The first-order valence-corrected chi connectivity index (χ1v) is 14.5. The van der Waals surface area contributed by atoms with E-state index in [1.54, 1.807) is 20.2 Å². The first-order chi connectivity index (χ1) is 20.9. The van der Waals surface area contributed by atoms with E-state index >= 15 is 0 Å². The van der Waals surface area contributed by atoms with Gasteiger partial charge in [-0.2, -0.15) is 0 Å². The smallest absolute Gasteiger partial charge is 0.235 e. The Morgan fingerprint density at radius 1 is 0.977 bits per heavy atom. The van der Waals surface area contributed by atoms with Crippen LogP contribution in [0.1, 0.15) is 27.9 Å². The van der Waals surface area contributed by atoms with Gasteiger partial charge in [0.25, 0.3) is 0 Å². The van der Waals surface area contributed by atoms with Crippen LogP contribution in [0.15, 0.2) is 66.7 Å². The fraction of sp³-hybridized carbons (Fsp3) is 0.324. The van der Waals surface area contributed by atoms with Crippen LogP contribution >= 0.6 is 0 Å². The van der Waals surface area contributed by atoms with E-state index in [1.807, 2.05) is 54.6 Å². The summed E-state index contributed by atoms with van der Waals surface area (Å²) in [5, 5.41) is 25.9. The average Bonchev–Trinajstić information content (AvgIpc) is 2.98. The van der Waals surface area contributed by atoms with Gasteiger partial charge in [-0.15, -0.1) is 0 Å². The number of nitrogens with one attached hydrogen (secondary N) is 1. The quantitative estimate of drug-likeness (QED) is 0.312. The van der Waals surface area contributed by atoms with Crippen molar-refractivity contribution in [2.45, 2.75) is 31.0 Å². The molecule has 3 aliphatic rings. The van der Waals surface area contributed by atoms with Crippen LogP contribution in [-0.4, -0.2) is 69.9 Å². The Labute approximate surface area is 253 Å². The summed E-state index contributed by atoms with van der Waals surface area (Å²) in [6, 6.07) is 19.6. The van der Waals surface area contributed by atoms with Crippen molar-refractivity contribution < 1.29 is 34.2 Å². The lowest BCUT2D eigenvalue weighted by molar-refractivity contribution is -0.181. The predicted molar refractivity (Wildman–Crippen MR) is 161 cm³/mol. The third-order valence-electron chi connectivity index (χ3n) is 9.48. The number of likely N-dealkylation sites (N-methyl/N-ethyl adjacent to an activating group) is 1. The lowest BCUT2D eigenvalue weighted by atomic mass is 9.52. The summed E-state index contributed by atoms with van der Waals surface area (Å²) in [6.45, 7) is 0.605. The number of hydrogen-bond acceptors (Lipinski definition) is 9. The fourth-order valence-corrected chi connectivity index (χ4v) is 7.44. The number of anilines is 1. The number of para-hydroxylation sites is 1. The van der Waals surface area contributed by atoms with Gasteiger partial charge in [0.2, 0.25) is 5.91 Å². The van der Waals surface area contributed by atoms with E-state index < -0.39 is 64.4 Å². The van der Waals surface area contributed by atoms with Gasteiger partial charge >= 0.3 is 0 Å². The molecule has 0 aromatic heterocycles. The van der Waals surface area contributed by atoms with E-state index in [2.05, 4.69) is 5.32 Å². The van der Waals surface area contributed by atoms with Gasteiger partial charge in [-0.05, 0) is 73.3 Å². The van der Waals surface area contributed by atoms with Crippen LogP contribution in [0.3, 0.4) is 0 Å². The number of phenols is 1. The summed E-state index contributed by atoms with van der Waals surface area (Å²) >= 11 is 0. The van der Waals surface area contributed by atoms with Crippen molar-refractivity contribution in [2.24, 2.45) is 29.4 Å². The highest BCUT2D eigenvalue weighted by Gasteiger charge is 2.69. The molecule has 3 aromatic carbocycles. The molecule has 6 unspecified atom stereocenters.